The number of hydrogen-bond acceptors (Lipinski definition) is 2. The van der Waals surface area contributed by atoms with Crippen LogP contribution >= 0.6 is 0 Å². The number of benzene rings is 2. The lowest BCUT2D eigenvalue weighted by atomic mass is 9.64. The molecule has 3 heteroatoms. The molecule has 1 fully saturated rings. The number of nitro groups is 1. The van der Waals surface area contributed by atoms with Crippen molar-refractivity contribution < 1.29 is 4.92 Å². The molecule has 3 rings (SSSR count). The van der Waals surface area contributed by atoms with Crippen LogP contribution in [-0.2, 0) is 12.8 Å². The molecule has 0 heterocycles. The Hall–Kier alpha value is -2.16. The first-order valence-electron chi connectivity index (χ1n) is 8.41. The summed E-state index contributed by atoms with van der Waals surface area (Å²) in [4.78, 5) is 11.7. The van der Waals surface area contributed by atoms with Gasteiger partial charge in [0.05, 0.1) is 0 Å². The van der Waals surface area contributed by atoms with Crippen molar-refractivity contribution in [2.24, 2.45) is 5.41 Å². The lowest BCUT2D eigenvalue weighted by Gasteiger charge is -2.39. The summed E-state index contributed by atoms with van der Waals surface area (Å²) in [6.07, 6.45) is 5.26. The second kappa shape index (κ2) is 6.95. The van der Waals surface area contributed by atoms with Gasteiger partial charge in [0.2, 0.25) is 6.04 Å². The van der Waals surface area contributed by atoms with Gasteiger partial charge >= 0.3 is 0 Å². The quantitative estimate of drug-likeness (QED) is 0.594. The zero-order chi connectivity index (χ0) is 16.1. The van der Waals surface area contributed by atoms with Gasteiger partial charge in [-0.15, -0.1) is 0 Å². The van der Waals surface area contributed by atoms with Gasteiger partial charge in [-0.1, -0.05) is 67.1 Å². The minimum absolute atomic E-state index is 0.0228. The Kier molecular flexibility index (Phi) is 4.75. The van der Waals surface area contributed by atoms with E-state index >= 15 is 0 Å². The molecule has 0 N–H and O–H groups in total. The number of rotatable bonds is 5. The van der Waals surface area contributed by atoms with Crippen LogP contribution in [0.25, 0.3) is 0 Å². The van der Waals surface area contributed by atoms with Crippen LogP contribution in [0.3, 0.4) is 0 Å². The molecule has 1 saturated carbocycles. The molecule has 23 heavy (non-hydrogen) atoms. The predicted molar refractivity (Wildman–Crippen MR) is 92.0 cm³/mol. The van der Waals surface area contributed by atoms with E-state index in [4.69, 9.17) is 0 Å². The number of hydrogen-bond donors (Lipinski definition) is 0. The van der Waals surface area contributed by atoms with Gasteiger partial charge in [-0.2, -0.15) is 0 Å². The Morgan fingerprint density at radius 1 is 0.913 bits per heavy atom. The van der Waals surface area contributed by atoms with Crippen LogP contribution in [0, 0.1) is 15.5 Å². The lowest BCUT2D eigenvalue weighted by Crippen LogP contribution is -2.46. The van der Waals surface area contributed by atoms with Crippen molar-refractivity contribution in [3.63, 3.8) is 0 Å². The average Bonchev–Trinajstić information content (AvgIpc) is 2.57. The van der Waals surface area contributed by atoms with Crippen molar-refractivity contribution in [3.05, 3.63) is 81.9 Å². The van der Waals surface area contributed by atoms with E-state index < -0.39 is 6.04 Å². The standard InChI is InChI=1S/C20H23NO2/c22-21(23)19-13-7-8-14-20(19,15-17-9-3-1-4-10-17)16-18-11-5-2-6-12-18/h1-6,9-12,19H,7-8,13-16H2. The molecular formula is C20H23NO2. The largest absolute Gasteiger partial charge is 0.264 e. The summed E-state index contributed by atoms with van der Waals surface area (Å²) < 4.78 is 0. The molecule has 1 atom stereocenters. The zero-order valence-electron chi connectivity index (χ0n) is 13.4. The summed E-state index contributed by atoms with van der Waals surface area (Å²) in [5, 5.41) is 11.8. The van der Waals surface area contributed by atoms with E-state index in [-0.39, 0.29) is 10.3 Å². The monoisotopic (exact) mass is 309 g/mol. The van der Waals surface area contributed by atoms with E-state index in [9.17, 15) is 10.1 Å². The third-order valence-corrected chi connectivity index (χ3v) is 5.16. The molecule has 0 spiro atoms. The smallest absolute Gasteiger partial charge is 0.219 e. The maximum atomic E-state index is 11.8. The third-order valence-electron chi connectivity index (χ3n) is 5.16. The van der Waals surface area contributed by atoms with E-state index in [1.54, 1.807) is 0 Å². The molecule has 0 radical (unpaired) electrons. The summed E-state index contributed by atoms with van der Waals surface area (Å²) >= 11 is 0. The van der Waals surface area contributed by atoms with Gasteiger partial charge in [0, 0.05) is 16.8 Å². The summed E-state index contributed by atoms with van der Waals surface area (Å²) in [7, 11) is 0. The lowest BCUT2D eigenvalue weighted by molar-refractivity contribution is -0.547. The van der Waals surface area contributed by atoms with E-state index in [0.29, 0.717) is 6.42 Å². The van der Waals surface area contributed by atoms with Gasteiger partial charge in [0.1, 0.15) is 0 Å². The van der Waals surface area contributed by atoms with Gasteiger partial charge in [-0.05, 0) is 36.8 Å². The first-order chi connectivity index (χ1) is 11.2. The minimum Gasteiger partial charge on any atom is -0.264 e. The van der Waals surface area contributed by atoms with Crippen molar-refractivity contribution in [2.75, 3.05) is 0 Å². The average molecular weight is 309 g/mol. The second-order valence-corrected chi connectivity index (χ2v) is 6.73. The molecule has 0 amide bonds. The van der Waals surface area contributed by atoms with Gasteiger partial charge in [0.25, 0.3) is 0 Å². The fraction of sp³-hybridized carbons (Fsp3) is 0.400. The second-order valence-electron chi connectivity index (χ2n) is 6.73. The Labute approximate surface area is 137 Å². The zero-order valence-corrected chi connectivity index (χ0v) is 13.4. The van der Waals surface area contributed by atoms with E-state index in [0.717, 1.165) is 32.1 Å². The Bertz CT molecular complexity index is 598. The molecule has 0 aromatic heterocycles. The van der Waals surface area contributed by atoms with Gasteiger partial charge in [-0.3, -0.25) is 10.1 Å². The minimum atomic E-state index is -0.448. The van der Waals surface area contributed by atoms with Crippen molar-refractivity contribution in [1.29, 1.82) is 0 Å². The first kappa shape index (κ1) is 15.7. The highest BCUT2D eigenvalue weighted by molar-refractivity contribution is 5.22. The van der Waals surface area contributed by atoms with E-state index in [2.05, 4.69) is 24.3 Å². The predicted octanol–water partition coefficient (Wildman–Crippen LogP) is 4.68. The normalized spacial score (nSPS) is 20.1. The highest BCUT2D eigenvalue weighted by Gasteiger charge is 2.48. The first-order valence-corrected chi connectivity index (χ1v) is 8.41. The van der Waals surface area contributed by atoms with Crippen LogP contribution in [0.5, 0.6) is 0 Å². The van der Waals surface area contributed by atoms with Crippen LogP contribution in [0.4, 0.5) is 0 Å². The fourth-order valence-electron chi connectivity index (χ4n) is 4.10. The van der Waals surface area contributed by atoms with Gasteiger partial charge < -0.3 is 0 Å². The van der Waals surface area contributed by atoms with Crippen LogP contribution in [0.1, 0.15) is 36.8 Å². The molecular weight excluding hydrogens is 286 g/mol. The van der Waals surface area contributed by atoms with Crippen LogP contribution in [0.15, 0.2) is 60.7 Å². The van der Waals surface area contributed by atoms with Gasteiger partial charge in [-0.25, -0.2) is 0 Å². The molecule has 2 aromatic rings. The van der Waals surface area contributed by atoms with Crippen LogP contribution in [-0.4, -0.2) is 11.0 Å². The van der Waals surface area contributed by atoms with Crippen LogP contribution in [0.2, 0.25) is 0 Å². The van der Waals surface area contributed by atoms with Crippen molar-refractivity contribution in [1.82, 2.24) is 0 Å². The highest BCUT2D eigenvalue weighted by Crippen LogP contribution is 2.43. The molecule has 3 nitrogen and oxygen atoms in total. The molecule has 0 aliphatic heterocycles. The summed E-state index contributed by atoms with van der Waals surface area (Å²) in [5.74, 6) is 0. The number of nitrogens with zero attached hydrogens (tertiary/aromatic N) is 1. The Morgan fingerprint density at radius 2 is 1.43 bits per heavy atom. The van der Waals surface area contributed by atoms with Crippen molar-refractivity contribution in [3.8, 4) is 0 Å². The maximum Gasteiger partial charge on any atom is 0.219 e. The summed E-state index contributed by atoms with van der Waals surface area (Å²) in [5.41, 5.74) is 2.14. The topological polar surface area (TPSA) is 43.1 Å². The third kappa shape index (κ3) is 3.61. The molecule has 1 aliphatic rings. The van der Waals surface area contributed by atoms with Crippen molar-refractivity contribution in [2.45, 2.75) is 44.6 Å². The van der Waals surface area contributed by atoms with Gasteiger partial charge in [0.15, 0.2) is 0 Å². The van der Waals surface area contributed by atoms with E-state index in [1.807, 2.05) is 36.4 Å². The highest BCUT2D eigenvalue weighted by atomic mass is 16.6. The molecule has 120 valence electrons. The molecule has 1 unspecified atom stereocenters. The summed E-state index contributed by atoms with van der Waals surface area (Å²) in [6, 6.07) is 20.0. The fourth-order valence-corrected chi connectivity index (χ4v) is 4.10. The Balaban J connectivity index is 1.95. The molecule has 0 saturated heterocycles. The summed E-state index contributed by atoms with van der Waals surface area (Å²) in [6.45, 7) is 0. The Morgan fingerprint density at radius 3 is 1.91 bits per heavy atom. The van der Waals surface area contributed by atoms with Crippen molar-refractivity contribution >= 4 is 0 Å². The maximum absolute atomic E-state index is 11.8. The van der Waals surface area contributed by atoms with E-state index in [1.165, 1.54) is 11.1 Å². The SMILES string of the molecule is O=[N+]([O-])C1CCCCC1(Cc1ccccc1)Cc1ccccc1. The molecule has 0 bridgehead atoms. The molecule has 1 aliphatic carbocycles. The molecule has 2 aromatic carbocycles. The van der Waals surface area contributed by atoms with Crippen LogP contribution < -0.4 is 0 Å².